The molecule has 1 saturated heterocycles. The molecule has 1 aliphatic heterocycles. The summed E-state index contributed by atoms with van der Waals surface area (Å²) < 4.78 is 0. The second kappa shape index (κ2) is 7.26. The lowest BCUT2D eigenvalue weighted by Crippen LogP contribution is -2.22. The van der Waals surface area contributed by atoms with E-state index in [0.717, 1.165) is 11.1 Å². The van der Waals surface area contributed by atoms with Gasteiger partial charge in [0.1, 0.15) is 0 Å². The first-order valence-corrected chi connectivity index (χ1v) is 7.85. The van der Waals surface area contributed by atoms with E-state index in [1.807, 2.05) is 47.5 Å². The second-order valence-corrected chi connectivity index (χ2v) is 5.87. The van der Waals surface area contributed by atoms with Gasteiger partial charge in [-0.3, -0.25) is 9.63 Å². The summed E-state index contributed by atoms with van der Waals surface area (Å²) in [7, 11) is 0. The molecule has 122 valence electrons. The van der Waals surface area contributed by atoms with E-state index >= 15 is 0 Å². The van der Waals surface area contributed by atoms with Crippen molar-refractivity contribution in [1.29, 1.82) is 5.26 Å². The summed E-state index contributed by atoms with van der Waals surface area (Å²) in [5, 5.41) is 19.8. The van der Waals surface area contributed by atoms with Gasteiger partial charge in [0, 0.05) is 6.54 Å². The third-order valence-electron chi connectivity index (χ3n) is 4.13. The molecule has 24 heavy (non-hydrogen) atoms. The molecule has 1 aliphatic rings. The molecular weight excluding hydrogens is 304 g/mol. The average molecular weight is 322 g/mol. The van der Waals surface area contributed by atoms with Gasteiger partial charge in [0.2, 0.25) is 0 Å². The monoisotopic (exact) mass is 322 g/mol. The molecule has 0 spiro atoms. The van der Waals surface area contributed by atoms with E-state index in [1.165, 1.54) is 0 Å². The Morgan fingerprint density at radius 1 is 1.21 bits per heavy atom. The van der Waals surface area contributed by atoms with Gasteiger partial charge >= 0.3 is 5.97 Å². The predicted octanol–water partition coefficient (Wildman–Crippen LogP) is 3.28. The first-order valence-electron chi connectivity index (χ1n) is 7.85. The van der Waals surface area contributed by atoms with Crippen LogP contribution in [0.1, 0.15) is 35.6 Å². The van der Waals surface area contributed by atoms with Crippen LogP contribution in [0.15, 0.2) is 54.6 Å². The second-order valence-electron chi connectivity index (χ2n) is 5.87. The van der Waals surface area contributed by atoms with Gasteiger partial charge < -0.3 is 5.11 Å². The van der Waals surface area contributed by atoms with Gasteiger partial charge in [-0.2, -0.15) is 10.3 Å². The number of aliphatic carboxylic acids is 1. The maximum atomic E-state index is 11.0. The zero-order chi connectivity index (χ0) is 16.9. The molecule has 1 N–H and O–H groups in total. The number of rotatable bonds is 5. The van der Waals surface area contributed by atoms with Gasteiger partial charge in [-0.25, -0.2) is 0 Å². The van der Waals surface area contributed by atoms with E-state index < -0.39 is 5.97 Å². The Bertz CT molecular complexity index is 737. The first kappa shape index (κ1) is 16.2. The summed E-state index contributed by atoms with van der Waals surface area (Å²) in [6.07, 6.45) is 0.259. The van der Waals surface area contributed by atoms with E-state index in [1.54, 1.807) is 12.1 Å². The number of benzene rings is 2. The highest BCUT2D eigenvalue weighted by Crippen LogP contribution is 2.36. The third kappa shape index (κ3) is 3.80. The molecule has 0 unspecified atom stereocenters. The number of carboxylic acid groups (broad SMARTS) is 1. The Kier molecular flexibility index (Phi) is 4.90. The maximum absolute atomic E-state index is 11.0. The van der Waals surface area contributed by atoms with Gasteiger partial charge in [-0.05, 0) is 29.7 Å². The number of hydroxylamine groups is 2. The van der Waals surface area contributed by atoms with Crippen LogP contribution in [0.3, 0.4) is 0 Å². The van der Waals surface area contributed by atoms with Gasteiger partial charge in [0.25, 0.3) is 0 Å². The molecule has 2 aromatic rings. The molecule has 1 fully saturated rings. The van der Waals surface area contributed by atoms with Crippen LogP contribution in [0, 0.1) is 11.3 Å². The van der Waals surface area contributed by atoms with Gasteiger partial charge in [-0.15, -0.1) is 0 Å². The molecule has 0 aliphatic carbocycles. The van der Waals surface area contributed by atoms with Crippen molar-refractivity contribution in [2.24, 2.45) is 0 Å². The van der Waals surface area contributed by atoms with Crippen LogP contribution < -0.4 is 0 Å². The smallest absolute Gasteiger partial charge is 0.306 e. The van der Waals surface area contributed by atoms with Crippen LogP contribution in [0.4, 0.5) is 0 Å². The Balaban J connectivity index is 1.81. The largest absolute Gasteiger partial charge is 0.481 e. The minimum atomic E-state index is -0.861. The van der Waals surface area contributed by atoms with E-state index in [9.17, 15) is 4.79 Å². The number of hydrogen-bond acceptors (Lipinski definition) is 4. The van der Waals surface area contributed by atoms with E-state index in [2.05, 4.69) is 6.07 Å². The fourth-order valence-electron chi connectivity index (χ4n) is 2.98. The fourth-order valence-corrected chi connectivity index (χ4v) is 2.98. The summed E-state index contributed by atoms with van der Waals surface area (Å²) >= 11 is 0. The average Bonchev–Trinajstić information content (AvgIpc) is 2.97. The molecule has 3 rings (SSSR count). The quantitative estimate of drug-likeness (QED) is 0.914. The van der Waals surface area contributed by atoms with Crippen molar-refractivity contribution in [1.82, 2.24) is 5.06 Å². The van der Waals surface area contributed by atoms with Crippen molar-refractivity contribution < 1.29 is 14.7 Å². The maximum Gasteiger partial charge on any atom is 0.306 e. The minimum absolute atomic E-state index is 0.0158. The lowest BCUT2D eigenvalue weighted by Gasteiger charge is -2.23. The van der Waals surface area contributed by atoms with E-state index in [0.29, 0.717) is 18.5 Å². The summed E-state index contributed by atoms with van der Waals surface area (Å²) in [6, 6.07) is 19.4. The summed E-state index contributed by atoms with van der Waals surface area (Å²) in [5.41, 5.74) is 2.74. The lowest BCUT2D eigenvalue weighted by atomic mass is 9.99. The topological polar surface area (TPSA) is 73.6 Å². The van der Waals surface area contributed by atoms with Crippen LogP contribution >= 0.6 is 0 Å². The van der Waals surface area contributed by atoms with Crippen molar-refractivity contribution in [3.8, 4) is 6.07 Å². The molecule has 5 heteroatoms. The van der Waals surface area contributed by atoms with Crippen LogP contribution in [0.2, 0.25) is 0 Å². The van der Waals surface area contributed by atoms with Crippen LogP contribution in [0.5, 0.6) is 0 Å². The zero-order valence-corrected chi connectivity index (χ0v) is 13.1. The van der Waals surface area contributed by atoms with Gasteiger partial charge in [0.05, 0.1) is 30.2 Å². The Labute approximate surface area is 140 Å². The summed E-state index contributed by atoms with van der Waals surface area (Å²) in [6.45, 7) is 0.585. The molecule has 2 aromatic carbocycles. The molecule has 0 amide bonds. The Hall–Kier alpha value is -2.68. The van der Waals surface area contributed by atoms with Crippen molar-refractivity contribution in [3.63, 3.8) is 0 Å². The van der Waals surface area contributed by atoms with Crippen molar-refractivity contribution in [2.75, 3.05) is 0 Å². The fraction of sp³-hybridized carbons (Fsp3) is 0.263. The standard InChI is InChI=1S/C19H18N2O3/c20-12-14-6-8-16(9-7-14)18-10-17(11-19(22)23)24-21(18)13-15-4-2-1-3-5-15/h1-9,17-18H,10-11,13H2,(H,22,23)/t17-,18+/m1/s1. The van der Waals surface area contributed by atoms with Crippen LogP contribution in [-0.2, 0) is 16.2 Å². The van der Waals surface area contributed by atoms with Gasteiger partial charge in [-0.1, -0.05) is 42.5 Å². The normalized spacial score (nSPS) is 20.6. The molecular formula is C19H18N2O3. The molecule has 0 bridgehead atoms. The molecule has 0 radical (unpaired) electrons. The molecule has 5 nitrogen and oxygen atoms in total. The number of carboxylic acids is 1. The summed E-state index contributed by atoms with van der Waals surface area (Å²) in [5.74, 6) is -0.861. The molecule has 0 aromatic heterocycles. The predicted molar refractivity (Wildman–Crippen MR) is 87.6 cm³/mol. The first-order chi connectivity index (χ1) is 11.7. The van der Waals surface area contributed by atoms with E-state index in [4.69, 9.17) is 15.2 Å². The molecule has 0 saturated carbocycles. The zero-order valence-electron chi connectivity index (χ0n) is 13.1. The van der Waals surface area contributed by atoms with Gasteiger partial charge in [0.15, 0.2) is 0 Å². The Morgan fingerprint density at radius 2 is 1.92 bits per heavy atom. The molecule has 2 atom stereocenters. The van der Waals surface area contributed by atoms with Crippen LogP contribution in [0.25, 0.3) is 0 Å². The van der Waals surface area contributed by atoms with Crippen molar-refractivity contribution in [2.45, 2.75) is 31.5 Å². The van der Waals surface area contributed by atoms with Crippen molar-refractivity contribution >= 4 is 5.97 Å². The van der Waals surface area contributed by atoms with Crippen LogP contribution in [-0.4, -0.2) is 22.2 Å². The number of nitrogens with zero attached hydrogens (tertiary/aromatic N) is 2. The SMILES string of the molecule is N#Cc1ccc([C@@H]2C[C@H](CC(=O)O)ON2Cc2ccccc2)cc1. The Morgan fingerprint density at radius 3 is 2.54 bits per heavy atom. The summed E-state index contributed by atoms with van der Waals surface area (Å²) in [4.78, 5) is 16.9. The van der Waals surface area contributed by atoms with E-state index in [-0.39, 0.29) is 18.6 Å². The lowest BCUT2D eigenvalue weighted by molar-refractivity contribution is -0.177. The highest BCUT2D eigenvalue weighted by molar-refractivity contribution is 5.67. The molecule has 1 heterocycles. The number of hydrogen-bond donors (Lipinski definition) is 1. The highest BCUT2D eigenvalue weighted by atomic mass is 16.7. The highest BCUT2D eigenvalue weighted by Gasteiger charge is 2.35. The number of nitriles is 1. The minimum Gasteiger partial charge on any atom is -0.481 e. The third-order valence-corrected chi connectivity index (χ3v) is 4.13. The number of carbonyl (C=O) groups is 1. The van der Waals surface area contributed by atoms with Crippen molar-refractivity contribution in [3.05, 3.63) is 71.3 Å².